The molecule has 3 rings (SSSR count). The first-order valence-corrected chi connectivity index (χ1v) is 14.1. The van der Waals surface area contributed by atoms with Gasteiger partial charge in [0, 0.05) is 0 Å². The third-order valence-corrected chi connectivity index (χ3v) is 16.5. The standard InChI is InChI=1S/C10H15Si.C10H15.2ClH.Zr/c1-9-4-5-10(8-9)11(2)6-3-7-11;1-7-6-10(4,5)9(3)8(7)2;;;/h4-5,8H,3,6-7H2,1-2H3;1-5H3;2*1H;/q;;;;+2/p-2. The number of hydrogen-bond acceptors (Lipinski definition) is 0. The van der Waals surface area contributed by atoms with Crippen molar-refractivity contribution in [2.24, 2.45) is 5.41 Å². The molecule has 24 heavy (non-hydrogen) atoms. The summed E-state index contributed by atoms with van der Waals surface area (Å²) in [7, 11) is -1.01. The maximum absolute atomic E-state index is 2.71. The van der Waals surface area contributed by atoms with Crippen LogP contribution in [0.25, 0.3) is 0 Å². The van der Waals surface area contributed by atoms with Gasteiger partial charge >= 0.3 is 150 Å². The quantitative estimate of drug-likeness (QED) is 0.536. The molecule has 1 unspecified atom stereocenters. The molecular formula is C20H30Cl2SiZr. The second-order valence-corrected chi connectivity index (χ2v) is 17.8. The van der Waals surface area contributed by atoms with Crippen molar-refractivity contribution in [2.45, 2.75) is 69.7 Å². The zero-order valence-electron chi connectivity index (χ0n) is 16.1. The van der Waals surface area contributed by atoms with E-state index in [9.17, 15) is 0 Å². The van der Waals surface area contributed by atoms with Crippen LogP contribution in [0.2, 0.25) is 21.8 Å². The molecule has 2 aliphatic carbocycles. The molecule has 0 nitrogen and oxygen atoms in total. The minimum absolute atomic E-state index is 0. The van der Waals surface area contributed by atoms with Gasteiger partial charge in [0.2, 0.25) is 0 Å². The second-order valence-electron chi connectivity index (χ2n) is 8.63. The van der Waals surface area contributed by atoms with Crippen LogP contribution in [0.1, 0.15) is 48.0 Å². The number of allylic oxidation sites excluding steroid dienone is 8. The molecule has 1 fully saturated rings. The van der Waals surface area contributed by atoms with E-state index in [1.165, 1.54) is 18.5 Å². The van der Waals surface area contributed by atoms with E-state index in [1.807, 2.05) is 3.28 Å². The van der Waals surface area contributed by atoms with E-state index in [4.69, 9.17) is 0 Å². The Labute approximate surface area is 173 Å². The van der Waals surface area contributed by atoms with Gasteiger partial charge in [-0.15, -0.1) is 0 Å². The maximum Gasteiger partial charge on any atom is -1.00 e. The second kappa shape index (κ2) is 7.34. The minimum Gasteiger partial charge on any atom is -1.00 e. The fraction of sp³-hybridized carbons (Fsp3) is 0.600. The van der Waals surface area contributed by atoms with Crippen LogP contribution < -0.4 is 24.8 Å². The van der Waals surface area contributed by atoms with Gasteiger partial charge in [0.15, 0.2) is 0 Å². The Balaban J connectivity index is 0.00000144. The predicted octanol–water partition coefficient (Wildman–Crippen LogP) is 0.423. The van der Waals surface area contributed by atoms with Crippen molar-refractivity contribution in [3.63, 3.8) is 0 Å². The van der Waals surface area contributed by atoms with Crippen molar-refractivity contribution >= 4 is 8.07 Å². The first kappa shape index (κ1) is 22.7. The van der Waals surface area contributed by atoms with Crippen molar-refractivity contribution in [1.29, 1.82) is 0 Å². The van der Waals surface area contributed by atoms with Crippen LogP contribution in [-0.4, -0.2) is 8.07 Å². The van der Waals surface area contributed by atoms with E-state index in [-0.39, 0.29) is 24.8 Å². The van der Waals surface area contributed by atoms with E-state index >= 15 is 0 Å². The van der Waals surface area contributed by atoms with Crippen molar-refractivity contribution in [1.82, 2.24) is 0 Å². The normalized spacial score (nSPS) is 29.5. The van der Waals surface area contributed by atoms with E-state index in [1.54, 1.807) is 21.9 Å². The zero-order valence-corrected chi connectivity index (χ0v) is 21.1. The fourth-order valence-corrected chi connectivity index (χ4v) is 12.2. The average Bonchev–Trinajstić information content (AvgIpc) is 2.87. The van der Waals surface area contributed by atoms with Gasteiger partial charge < -0.3 is 24.8 Å². The molecule has 0 N–H and O–H groups in total. The Kier molecular flexibility index (Phi) is 6.93. The van der Waals surface area contributed by atoms with Gasteiger partial charge in [0.05, 0.1) is 0 Å². The molecule has 0 aromatic carbocycles. The van der Waals surface area contributed by atoms with Gasteiger partial charge in [-0.1, -0.05) is 0 Å². The van der Waals surface area contributed by atoms with Crippen molar-refractivity contribution in [3.05, 3.63) is 43.4 Å². The van der Waals surface area contributed by atoms with E-state index in [2.05, 4.69) is 66.3 Å². The molecular weight excluding hydrogens is 430 g/mol. The topological polar surface area (TPSA) is 0 Å². The summed E-state index contributed by atoms with van der Waals surface area (Å²) >= 11 is -0.662. The molecule has 0 radical (unpaired) electrons. The number of rotatable bonds is 3. The third kappa shape index (κ3) is 3.55. The Morgan fingerprint density at radius 2 is 1.58 bits per heavy atom. The van der Waals surface area contributed by atoms with Gasteiger partial charge in [-0.25, -0.2) is 0 Å². The SMILES string of the molecule is CC1=C(C)C(C)(C)[C]([Zr+2][C]2(C)C=CC([Si]3(C)CCC3)=C2)=C1C.[Cl-].[Cl-]. The van der Waals surface area contributed by atoms with Crippen molar-refractivity contribution in [2.75, 3.05) is 0 Å². The fourth-order valence-electron chi connectivity index (χ4n) is 4.24. The van der Waals surface area contributed by atoms with E-state index in [0.29, 0.717) is 8.54 Å². The summed E-state index contributed by atoms with van der Waals surface area (Å²) in [4.78, 5) is 0. The Hall–Kier alpha value is 0.640. The van der Waals surface area contributed by atoms with Crippen LogP contribution in [0.3, 0.4) is 0 Å². The Morgan fingerprint density at radius 1 is 1.00 bits per heavy atom. The summed E-state index contributed by atoms with van der Waals surface area (Å²) in [6.45, 7) is 17.1. The first-order valence-electron chi connectivity index (χ1n) is 8.70. The van der Waals surface area contributed by atoms with Crippen LogP contribution >= 0.6 is 0 Å². The number of hydrogen-bond donors (Lipinski definition) is 0. The maximum atomic E-state index is 2.71. The number of halogens is 2. The van der Waals surface area contributed by atoms with Crippen LogP contribution in [0.4, 0.5) is 0 Å². The summed E-state index contributed by atoms with van der Waals surface area (Å²) in [6.07, 6.45) is 9.29. The van der Waals surface area contributed by atoms with Crippen LogP contribution in [0, 0.1) is 5.41 Å². The van der Waals surface area contributed by atoms with Crippen LogP contribution in [0.5, 0.6) is 0 Å². The predicted molar refractivity (Wildman–Crippen MR) is 96.3 cm³/mol. The van der Waals surface area contributed by atoms with Crippen molar-refractivity contribution < 1.29 is 48.0 Å². The molecule has 0 amide bonds. The molecule has 132 valence electrons. The van der Waals surface area contributed by atoms with Gasteiger partial charge in [0.1, 0.15) is 0 Å². The molecule has 0 bridgehead atoms. The van der Waals surface area contributed by atoms with E-state index in [0.717, 1.165) is 0 Å². The molecule has 1 aliphatic heterocycles. The summed E-state index contributed by atoms with van der Waals surface area (Å²) in [6, 6.07) is 3.05. The average molecular weight is 461 g/mol. The van der Waals surface area contributed by atoms with E-state index < -0.39 is 31.3 Å². The van der Waals surface area contributed by atoms with Gasteiger partial charge in [-0.2, -0.15) is 0 Å². The van der Waals surface area contributed by atoms with Crippen LogP contribution in [-0.2, 0) is 23.2 Å². The minimum atomic E-state index is -1.01. The van der Waals surface area contributed by atoms with Crippen LogP contribution in [0.15, 0.2) is 43.4 Å². The monoisotopic (exact) mass is 458 g/mol. The largest absolute Gasteiger partial charge is 1.00 e. The zero-order chi connectivity index (χ0) is 16.3. The summed E-state index contributed by atoms with van der Waals surface area (Å²) in [5.74, 6) is 0. The van der Waals surface area contributed by atoms with Gasteiger partial charge in [-0.3, -0.25) is 0 Å². The molecule has 0 aromatic rings. The summed E-state index contributed by atoms with van der Waals surface area (Å²) < 4.78 is 2.24. The molecule has 1 atom stereocenters. The summed E-state index contributed by atoms with van der Waals surface area (Å²) in [5.41, 5.74) is 5.11. The summed E-state index contributed by atoms with van der Waals surface area (Å²) in [5, 5.41) is 1.78. The smallest absolute Gasteiger partial charge is 1.00 e. The molecule has 0 spiro atoms. The molecule has 3 aliphatic rings. The molecule has 0 aromatic heterocycles. The van der Waals surface area contributed by atoms with Gasteiger partial charge in [-0.05, 0) is 0 Å². The Bertz CT molecular complexity index is 651. The Morgan fingerprint density at radius 3 is 2.00 bits per heavy atom. The first-order chi connectivity index (χ1) is 10.1. The molecule has 4 heteroatoms. The van der Waals surface area contributed by atoms with Gasteiger partial charge in [0.25, 0.3) is 0 Å². The third-order valence-electron chi connectivity index (χ3n) is 6.68. The molecule has 0 saturated carbocycles. The molecule has 1 saturated heterocycles. The van der Waals surface area contributed by atoms with Crippen molar-refractivity contribution in [3.8, 4) is 0 Å². The molecule has 1 heterocycles.